The maximum Gasteiger partial charge on any atom is 0.127 e. The SMILES string of the molecule is Cc1cc(Cl)ccc1OCCC(C#N)c1ccccc1F. The number of hydrogen-bond donors (Lipinski definition) is 0. The quantitative estimate of drug-likeness (QED) is 0.790. The monoisotopic (exact) mass is 303 g/mol. The van der Waals surface area contributed by atoms with Crippen LogP contribution in [0.1, 0.15) is 23.5 Å². The highest BCUT2D eigenvalue weighted by atomic mass is 35.5. The van der Waals surface area contributed by atoms with Crippen molar-refractivity contribution < 1.29 is 9.13 Å². The molecule has 0 bridgehead atoms. The summed E-state index contributed by atoms with van der Waals surface area (Å²) in [5, 5.41) is 9.86. The maximum atomic E-state index is 13.7. The summed E-state index contributed by atoms with van der Waals surface area (Å²) in [6.07, 6.45) is 0.430. The van der Waals surface area contributed by atoms with Gasteiger partial charge < -0.3 is 4.74 Å². The first-order valence-electron chi connectivity index (χ1n) is 6.65. The van der Waals surface area contributed by atoms with Gasteiger partial charge in [0.1, 0.15) is 11.6 Å². The zero-order valence-electron chi connectivity index (χ0n) is 11.6. The molecule has 1 unspecified atom stereocenters. The molecule has 0 fully saturated rings. The predicted molar refractivity (Wildman–Crippen MR) is 81.1 cm³/mol. The van der Waals surface area contributed by atoms with Crippen molar-refractivity contribution in [1.29, 1.82) is 5.26 Å². The smallest absolute Gasteiger partial charge is 0.127 e. The van der Waals surface area contributed by atoms with Crippen LogP contribution in [0.2, 0.25) is 5.02 Å². The third-order valence-electron chi connectivity index (χ3n) is 3.24. The van der Waals surface area contributed by atoms with Gasteiger partial charge in [-0.2, -0.15) is 5.26 Å². The Kier molecular flexibility index (Phi) is 5.19. The van der Waals surface area contributed by atoms with E-state index in [1.54, 1.807) is 30.3 Å². The second kappa shape index (κ2) is 7.10. The summed E-state index contributed by atoms with van der Waals surface area (Å²) in [5.41, 5.74) is 1.35. The molecule has 0 saturated heterocycles. The molecule has 0 N–H and O–H groups in total. The molecule has 0 saturated carbocycles. The van der Waals surface area contributed by atoms with Crippen LogP contribution in [0.3, 0.4) is 0 Å². The standard InChI is InChI=1S/C17H15ClFNO/c1-12-10-14(18)6-7-17(12)21-9-8-13(11-20)15-4-2-3-5-16(15)19/h2-7,10,13H,8-9H2,1H3. The van der Waals surface area contributed by atoms with Gasteiger partial charge in [-0.25, -0.2) is 4.39 Å². The summed E-state index contributed by atoms with van der Waals surface area (Å²) in [6, 6.07) is 13.8. The fraction of sp³-hybridized carbons (Fsp3) is 0.235. The van der Waals surface area contributed by atoms with Gasteiger partial charge in [-0.05, 0) is 36.8 Å². The van der Waals surface area contributed by atoms with Crippen molar-refractivity contribution >= 4 is 11.6 Å². The molecule has 0 aliphatic heterocycles. The van der Waals surface area contributed by atoms with Gasteiger partial charge in [0, 0.05) is 17.0 Å². The Hall–Kier alpha value is -2.05. The minimum absolute atomic E-state index is 0.342. The molecule has 2 aromatic carbocycles. The van der Waals surface area contributed by atoms with Crippen LogP contribution in [-0.4, -0.2) is 6.61 Å². The summed E-state index contributed by atoms with van der Waals surface area (Å²) in [5.74, 6) is -0.143. The molecule has 0 amide bonds. The van der Waals surface area contributed by atoms with Gasteiger partial charge in [-0.1, -0.05) is 29.8 Å². The first-order chi connectivity index (χ1) is 10.1. The number of halogens is 2. The van der Waals surface area contributed by atoms with Gasteiger partial charge in [0.05, 0.1) is 18.6 Å². The van der Waals surface area contributed by atoms with E-state index >= 15 is 0 Å². The molecule has 0 spiro atoms. The lowest BCUT2D eigenvalue weighted by molar-refractivity contribution is 0.303. The Balaban J connectivity index is 1.99. The minimum atomic E-state index is -0.515. The third kappa shape index (κ3) is 3.96. The summed E-state index contributed by atoms with van der Waals surface area (Å²) < 4.78 is 19.3. The van der Waals surface area contributed by atoms with Crippen LogP contribution < -0.4 is 4.74 Å². The molecule has 0 heterocycles. The lowest BCUT2D eigenvalue weighted by Gasteiger charge is -2.13. The van der Waals surface area contributed by atoms with Gasteiger partial charge in [-0.3, -0.25) is 0 Å². The largest absolute Gasteiger partial charge is 0.493 e. The molecule has 2 nitrogen and oxygen atoms in total. The van der Waals surface area contributed by atoms with Crippen LogP contribution >= 0.6 is 11.6 Å². The second-order valence-electron chi connectivity index (χ2n) is 4.75. The van der Waals surface area contributed by atoms with Crippen molar-refractivity contribution in [3.8, 4) is 11.8 Å². The average Bonchev–Trinajstić information content (AvgIpc) is 2.47. The average molecular weight is 304 g/mol. The Morgan fingerprint density at radius 2 is 2.05 bits per heavy atom. The van der Waals surface area contributed by atoms with Crippen LogP contribution in [-0.2, 0) is 0 Å². The highest BCUT2D eigenvalue weighted by Crippen LogP contribution is 2.25. The Morgan fingerprint density at radius 1 is 1.29 bits per heavy atom. The number of ether oxygens (including phenoxy) is 1. The van der Waals surface area contributed by atoms with Gasteiger partial charge in [-0.15, -0.1) is 0 Å². The molecule has 21 heavy (non-hydrogen) atoms. The Bertz CT molecular complexity index is 666. The van der Waals surface area contributed by atoms with Crippen molar-refractivity contribution in [1.82, 2.24) is 0 Å². The molecule has 4 heteroatoms. The molecular formula is C17H15ClFNO. The molecular weight excluding hydrogens is 289 g/mol. The molecule has 0 aliphatic carbocycles. The van der Waals surface area contributed by atoms with Gasteiger partial charge in [0.15, 0.2) is 0 Å². The lowest BCUT2D eigenvalue weighted by atomic mass is 9.97. The van der Waals surface area contributed by atoms with E-state index in [1.807, 2.05) is 13.0 Å². The summed E-state index contributed by atoms with van der Waals surface area (Å²) >= 11 is 5.88. The van der Waals surface area contributed by atoms with Gasteiger partial charge in [0.2, 0.25) is 0 Å². The van der Waals surface area contributed by atoms with Crippen molar-refractivity contribution in [2.75, 3.05) is 6.61 Å². The van der Waals surface area contributed by atoms with Crippen LogP contribution in [0.5, 0.6) is 5.75 Å². The fourth-order valence-corrected chi connectivity index (χ4v) is 2.34. The van der Waals surface area contributed by atoms with E-state index in [0.717, 1.165) is 11.3 Å². The van der Waals surface area contributed by atoms with Gasteiger partial charge >= 0.3 is 0 Å². The molecule has 0 radical (unpaired) electrons. The van der Waals surface area contributed by atoms with Crippen molar-refractivity contribution in [2.45, 2.75) is 19.3 Å². The highest BCUT2D eigenvalue weighted by Gasteiger charge is 2.15. The van der Waals surface area contributed by atoms with Crippen LogP contribution in [0.4, 0.5) is 4.39 Å². The van der Waals surface area contributed by atoms with E-state index < -0.39 is 5.92 Å². The normalized spacial score (nSPS) is 11.7. The number of benzene rings is 2. The highest BCUT2D eigenvalue weighted by molar-refractivity contribution is 6.30. The number of nitrogens with zero attached hydrogens (tertiary/aromatic N) is 1. The number of hydrogen-bond acceptors (Lipinski definition) is 2. The van der Waals surface area contributed by atoms with Crippen LogP contribution in [0, 0.1) is 24.1 Å². The van der Waals surface area contributed by atoms with E-state index in [4.69, 9.17) is 16.3 Å². The van der Waals surface area contributed by atoms with E-state index in [2.05, 4.69) is 6.07 Å². The van der Waals surface area contributed by atoms with E-state index in [0.29, 0.717) is 23.6 Å². The number of aryl methyl sites for hydroxylation is 1. The zero-order valence-corrected chi connectivity index (χ0v) is 12.4. The number of rotatable bonds is 5. The van der Waals surface area contributed by atoms with Crippen molar-refractivity contribution in [2.24, 2.45) is 0 Å². The van der Waals surface area contributed by atoms with Crippen LogP contribution in [0.25, 0.3) is 0 Å². The Morgan fingerprint density at radius 3 is 2.71 bits per heavy atom. The third-order valence-corrected chi connectivity index (χ3v) is 3.47. The molecule has 108 valence electrons. The minimum Gasteiger partial charge on any atom is -0.493 e. The fourth-order valence-electron chi connectivity index (χ4n) is 2.11. The van der Waals surface area contributed by atoms with Crippen LogP contribution in [0.15, 0.2) is 42.5 Å². The van der Waals surface area contributed by atoms with Crippen molar-refractivity contribution in [3.63, 3.8) is 0 Å². The lowest BCUT2D eigenvalue weighted by Crippen LogP contribution is -2.06. The molecule has 0 aliphatic rings. The maximum absolute atomic E-state index is 13.7. The zero-order chi connectivity index (χ0) is 15.2. The topological polar surface area (TPSA) is 33.0 Å². The van der Waals surface area contributed by atoms with Crippen molar-refractivity contribution in [3.05, 3.63) is 64.4 Å². The summed E-state index contributed by atoms with van der Waals surface area (Å²) in [4.78, 5) is 0. The summed E-state index contributed by atoms with van der Waals surface area (Å²) in [7, 11) is 0. The molecule has 1 atom stereocenters. The van der Waals surface area contributed by atoms with Gasteiger partial charge in [0.25, 0.3) is 0 Å². The molecule has 2 aromatic rings. The Labute approximate surface area is 128 Å². The van der Waals surface area contributed by atoms with E-state index in [9.17, 15) is 9.65 Å². The summed E-state index contributed by atoms with van der Waals surface area (Å²) in [6.45, 7) is 2.24. The van der Waals surface area contributed by atoms with E-state index in [1.165, 1.54) is 6.07 Å². The second-order valence-corrected chi connectivity index (χ2v) is 5.19. The number of nitriles is 1. The molecule has 2 rings (SSSR count). The first-order valence-corrected chi connectivity index (χ1v) is 7.02. The van der Waals surface area contributed by atoms with E-state index in [-0.39, 0.29) is 5.82 Å². The molecule has 0 aromatic heterocycles. The predicted octanol–water partition coefficient (Wildman–Crippen LogP) is 4.86. The first kappa shape index (κ1) is 15.3.